The molecule has 14 heavy (non-hydrogen) atoms. The lowest BCUT2D eigenvalue weighted by Crippen LogP contribution is -2.28. The van der Waals surface area contributed by atoms with Crippen molar-refractivity contribution in [2.75, 3.05) is 13.6 Å². The highest BCUT2D eigenvalue weighted by atomic mass is 16.4. The minimum atomic E-state index is -1.09. The third-order valence-corrected chi connectivity index (χ3v) is 1.88. The van der Waals surface area contributed by atoms with Gasteiger partial charge in [0.15, 0.2) is 0 Å². The maximum absolute atomic E-state index is 11.5. The van der Waals surface area contributed by atoms with E-state index < -0.39 is 5.97 Å². The second-order valence-electron chi connectivity index (χ2n) is 2.92. The number of carboxylic acids is 1. The van der Waals surface area contributed by atoms with Gasteiger partial charge in [0.05, 0.1) is 6.54 Å². The predicted molar refractivity (Wildman–Crippen MR) is 52.5 cm³/mol. The van der Waals surface area contributed by atoms with Gasteiger partial charge in [-0.25, -0.2) is 4.79 Å². The van der Waals surface area contributed by atoms with E-state index in [4.69, 9.17) is 11.5 Å². The van der Waals surface area contributed by atoms with Crippen molar-refractivity contribution < 1.29 is 14.7 Å². The molecule has 4 nitrogen and oxygen atoms in total. The van der Waals surface area contributed by atoms with Gasteiger partial charge in [-0.15, -0.1) is 6.42 Å². The second-order valence-corrected chi connectivity index (χ2v) is 2.92. The Balaban J connectivity index is 4.80. The summed E-state index contributed by atoms with van der Waals surface area (Å²) < 4.78 is 0. The van der Waals surface area contributed by atoms with E-state index in [-0.39, 0.29) is 23.6 Å². The number of terminal acetylenes is 1. The highest BCUT2D eigenvalue weighted by Gasteiger charge is 2.15. The molecule has 0 fully saturated rings. The van der Waals surface area contributed by atoms with Gasteiger partial charge in [0.25, 0.3) is 5.91 Å². The summed E-state index contributed by atoms with van der Waals surface area (Å²) in [5.74, 6) is 0.855. The molecule has 0 aromatic heterocycles. The first-order valence-corrected chi connectivity index (χ1v) is 4.01. The molecule has 0 atom stereocenters. The summed E-state index contributed by atoms with van der Waals surface area (Å²) in [7, 11) is 1.53. The van der Waals surface area contributed by atoms with Crippen LogP contribution in [0, 0.1) is 12.3 Å². The van der Waals surface area contributed by atoms with Gasteiger partial charge in [-0.05, 0) is 13.8 Å². The predicted octanol–water partition coefficient (Wildman–Crippen LogP) is 0.499. The number of rotatable bonds is 3. The van der Waals surface area contributed by atoms with Crippen molar-refractivity contribution in [1.29, 1.82) is 0 Å². The number of carbonyl (C=O) groups is 2. The van der Waals surface area contributed by atoms with E-state index in [1.165, 1.54) is 25.8 Å². The molecule has 4 heteroatoms. The van der Waals surface area contributed by atoms with Gasteiger partial charge >= 0.3 is 5.97 Å². The summed E-state index contributed by atoms with van der Waals surface area (Å²) in [5, 5.41) is 8.64. The van der Waals surface area contributed by atoms with E-state index in [0.717, 1.165) is 0 Å². The van der Waals surface area contributed by atoms with Gasteiger partial charge < -0.3 is 10.0 Å². The second kappa shape index (κ2) is 5.07. The molecule has 0 aliphatic carbocycles. The molecule has 0 aliphatic rings. The zero-order chi connectivity index (χ0) is 11.3. The first-order valence-electron chi connectivity index (χ1n) is 4.01. The first-order chi connectivity index (χ1) is 6.41. The molecule has 0 radical (unpaired) electrons. The molecule has 0 heterocycles. The maximum atomic E-state index is 11.5. The lowest BCUT2D eigenvalue weighted by Gasteiger charge is -2.14. The van der Waals surface area contributed by atoms with Crippen LogP contribution in [0.3, 0.4) is 0 Å². The fourth-order valence-corrected chi connectivity index (χ4v) is 0.816. The highest BCUT2D eigenvalue weighted by Crippen LogP contribution is 2.06. The number of aliphatic carboxylic acids is 1. The van der Waals surface area contributed by atoms with Crippen LogP contribution in [0.1, 0.15) is 13.8 Å². The molecule has 0 spiro atoms. The Kier molecular flexibility index (Phi) is 4.44. The standard InChI is InChI=1S/C10H13NO3/c1-5-6-11(4)9(12)7(2)8(3)10(13)14/h1H,6H2,2-4H3,(H,13,14). The van der Waals surface area contributed by atoms with Crippen molar-refractivity contribution in [3.05, 3.63) is 11.1 Å². The van der Waals surface area contributed by atoms with Gasteiger partial charge in [-0.3, -0.25) is 4.79 Å². The summed E-state index contributed by atoms with van der Waals surface area (Å²) >= 11 is 0. The van der Waals surface area contributed by atoms with Gasteiger partial charge in [-0.1, -0.05) is 5.92 Å². The first kappa shape index (κ1) is 12.2. The maximum Gasteiger partial charge on any atom is 0.331 e. The number of amides is 1. The number of carbonyl (C=O) groups excluding carboxylic acids is 1. The van der Waals surface area contributed by atoms with Gasteiger partial charge in [0, 0.05) is 18.2 Å². The Morgan fingerprint density at radius 2 is 1.86 bits per heavy atom. The molecule has 0 rings (SSSR count). The molecule has 1 N–H and O–H groups in total. The minimum Gasteiger partial charge on any atom is -0.478 e. The van der Waals surface area contributed by atoms with Crippen LogP contribution in [0.25, 0.3) is 0 Å². The third kappa shape index (κ3) is 2.94. The number of hydrogen-bond donors (Lipinski definition) is 1. The number of nitrogens with zero attached hydrogens (tertiary/aromatic N) is 1. The number of hydrogen-bond acceptors (Lipinski definition) is 2. The molecular weight excluding hydrogens is 182 g/mol. The average molecular weight is 195 g/mol. The minimum absolute atomic E-state index is 0.0406. The van der Waals surface area contributed by atoms with E-state index >= 15 is 0 Å². The Hall–Kier alpha value is -1.76. The topological polar surface area (TPSA) is 57.6 Å². The molecular formula is C10H13NO3. The summed E-state index contributed by atoms with van der Waals surface area (Å²) in [6.07, 6.45) is 5.03. The van der Waals surface area contributed by atoms with Crippen LogP contribution in [0.4, 0.5) is 0 Å². The molecule has 0 aliphatic heterocycles. The van der Waals surface area contributed by atoms with E-state index in [2.05, 4.69) is 5.92 Å². The monoisotopic (exact) mass is 195 g/mol. The van der Waals surface area contributed by atoms with Crippen LogP contribution >= 0.6 is 0 Å². The van der Waals surface area contributed by atoms with Crippen molar-refractivity contribution in [3.63, 3.8) is 0 Å². The highest BCUT2D eigenvalue weighted by molar-refractivity contribution is 6.01. The van der Waals surface area contributed by atoms with Gasteiger partial charge in [0.2, 0.25) is 0 Å². The average Bonchev–Trinajstić information content (AvgIpc) is 2.14. The molecule has 0 bridgehead atoms. The van der Waals surface area contributed by atoms with Crippen LogP contribution in [-0.2, 0) is 9.59 Å². The molecule has 0 aromatic carbocycles. The summed E-state index contributed by atoms with van der Waals surface area (Å²) in [6, 6.07) is 0. The Bertz CT molecular complexity index is 323. The van der Waals surface area contributed by atoms with Crippen molar-refractivity contribution in [1.82, 2.24) is 4.90 Å². The molecule has 0 unspecified atom stereocenters. The van der Waals surface area contributed by atoms with Crippen LogP contribution in [0.5, 0.6) is 0 Å². The third-order valence-electron chi connectivity index (χ3n) is 1.88. The van der Waals surface area contributed by atoms with Crippen molar-refractivity contribution in [2.24, 2.45) is 0 Å². The van der Waals surface area contributed by atoms with Gasteiger partial charge in [-0.2, -0.15) is 0 Å². The SMILES string of the molecule is C#CCN(C)C(=O)C(C)=C(C)C(=O)O. The van der Waals surface area contributed by atoms with E-state index in [1.54, 1.807) is 0 Å². The quantitative estimate of drug-likeness (QED) is 0.527. The lowest BCUT2D eigenvalue weighted by molar-refractivity contribution is -0.133. The van der Waals surface area contributed by atoms with E-state index in [1.807, 2.05) is 0 Å². The lowest BCUT2D eigenvalue weighted by atomic mass is 10.1. The molecule has 1 amide bonds. The normalized spacial score (nSPS) is 11.3. The number of carboxylic acid groups (broad SMARTS) is 1. The molecule has 0 aromatic rings. The Morgan fingerprint density at radius 1 is 1.36 bits per heavy atom. The fourth-order valence-electron chi connectivity index (χ4n) is 0.816. The van der Waals surface area contributed by atoms with Crippen molar-refractivity contribution in [2.45, 2.75) is 13.8 Å². The van der Waals surface area contributed by atoms with Gasteiger partial charge in [0.1, 0.15) is 0 Å². The summed E-state index contributed by atoms with van der Waals surface area (Å²) in [5.41, 5.74) is 0.245. The largest absolute Gasteiger partial charge is 0.478 e. The van der Waals surface area contributed by atoms with E-state index in [0.29, 0.717) is 0 Å². The molecule has 0 saturated carbocycles. The van der Waals surface area contributed by atoms with Crippen LogP contribution in [0.15, 0.2) is 11.1 Å². The van der Waals surface area contributed by atoms with E-state index in [9.17, 15) is 9.59 Å². The Morgan fingerprint density at radius 3 is 2.21 bits per heavy atom. The summed E-state index contributed by atoms with van der Waals surface area (Å²) in [4.78, 5) is 23.3. The molecule has 0 saturated heterocycles. The van der Waals surface area contributed by atoms with Crippen LogP contribution < -0.4 is 0 Å². The zero-order valence-electron chi connectivity index (χ0n) is 8.50. The summed E-state index contributed by atoms with van der Waals surface area (Å²) in [6.45, 7) is 3.03. The van der Waals surface area contributed by atoms with Crippen molar-refractivity contribution in [3.8, 4) is 12.3 Å². The van der Waals surface area contributed by atoms with Crippen LogP contribution in [-0.4, -0.2) is 35.5 Å². The fraction of sp³-hybridized carbons (Fsp3) is 0.400. The zero-order valence-corrected chi connectivity index (χ0v) is 8.50. The molecule has 76 valence electrons. The Labute approximate surface area is 83.2 Å². The smallest absolute Gasteiger partial charge is 0.331 e. The van der Waals surface area contributed by atoms with Crippen LogP contribution in [0.2, 0.25) is 0 Å². The number of likely N-dealkylation sites (N-methyl/N-ethyl adjacent to an activating group) is 1. The van der Waals surface area contributed by atoms with Crippen molar-refractivity contribution >= 4 is 11.9 Å².